The maximum atomic E-state index is 12.1. The number of amides is 1. The normalized spacial score (nSPS) is 18.0. The van der Waals surface area contributed by atoms with E-state index in [9.17, 15) is 9.90 Å². The lowest BCUT2D eigenvalue weighted by Crippen LogP contribution is -2.50. The van der Waals surface area contributed by atoms with Crippen LogP contribution < -0.4 is 11.1 Å². The van der Waals surface area contributed by atoms with Crippen LogP contribution in [0.25, 0.3) is 11.1 Å². The van der Waals surface area contributed by atoms with Crippen molar-refractivity contribution in [3.63, 3.8) is 0 Å². The second kappa shape index (κ2) is 5.95. The predicted octanol–water partition coefficient (Wildman–Crippen LogP) is -0.00108. The minimum atomic E-state index is -0.959. The zero-order valence-electron chi connectivity index (χ0n) is 14.0. The highest BCUT2D eigenvalue weighted by Crippen LogP contribution is 2.43. The molecule has 1 aliphatic rings. The van der Waals surface area contributed by atoms with E-state index in [0.717, 1.165) is 29.7 Å². The molecule has 0 saturated heterocycles. The third kappa shape index (κ3) is 3.02. The highest BCUT2D eigenvalue weighted by atomic mass is 16.3. The summed E-state index contributed by atoms with van der Waals surface area (Å²) in [4.78, 5) is 20.9. The predicted molar refractivity (Wildman–Crippen MR) is 87.7 cm³/mol. The van der Waals surface area contributed by atoms with Crippen LogP contribution in [0.2, 0.25) is 0 Å². The number of nitrogens with zero attached hydrogens (tertiary/aromatic N) is 4. The topological polar surface area (TPSA) is 119 Å². The van der Waals surface area contributed by atoms with Crippen molar-refractivity contribution < 1.29 is 9.90 Å². The Hall–Kier alpha value is -2.32. The molecule has 8 heteroatoms. The lowest BCUT2D eigenvalue weighted by atomic mass is 10.1. The zero-order chi connectivity index (χ0) is 17.5. The van der Waals surface area contributed by atoms with Crippen molar-refractivity contribution in [2.45, 2.75) is 44.4 Å². The van der Waals surface area contributed by atoms with Crippen LogP contribution in [0, 0.1) is 6.92 Å². The van der Waals surface area contributed by atoms with Gasteiger partial charge in [0.1, 0.15) is 6.04 Å². The van der Waals surface area contributed by atoms with Crippen LogP contribution in [-0.2, 0) is 17.4 Å². The molecule has 24 heavy (non-hydrogen) atoms. The maximum absolute atomic E-state index is 12.1. The second-order valence-corrected chi connectivity index (χ2v) is 6.43. The van der Waals surface area contributed by atoms with E-state index in [1.807, 2.05) is 20.2 Å². The van der Waals surface area contributed by atoms with Gasteiger partial charge in [0.05, 0.1) is 17.3 Å². The van der Waals surface area contributed by atoms with Crippen LogP contribution in [0.15, 0.2) is 18.6 Å². The Kier molecular flexibility index (Phi) is 4.10. The highest BCUT2D eigenvalue weighted by Gasteiger charge is 2.49. The summed E-state index contributed by atoms with van der Waals surface area (Å²) in [5, 5.41) is 16.6. The number of aromatic nitrogens is 4. The van der Waals surface area contributed by atoms with Crippen molar-refractivity contribution in [2.24, 2.45) is 12.8 Å². The van der Waals surface area contributed by atoms with Crippen molar-refractivity contribution in [3.05, 3.63) is 30.1 Å². The first-order valence-corrected chi connectivity index (χ1v) is 7.91. The van der Waals surface area contributed by atoms with Gasteiger partial charge in [-0.05, 0) is 26.7 Å². The molecule has 2 aromatic rings. The molecule has 1 aliphatic carbocycles. The third-order valence-corrected chi connectivity index (χ3v) is 4.34. The molecule has 2 heterocycles. The molecule has 0 aliphatic heterocycles. The van der Waals surface area contributed by atoms with Crippen LogP contribution in [-0.4, -0.2) is 42.9 Å². The fourth-order valence-corrected chi connectivity index (χ4v) is 2.67. The van der Waals surface area contributed by atoms with Gasteiger partial charge in [0.15, 0.2) is 5.82 Å². The van der Waals surface area contributed by atoms with Crippen LogP contribution in [0.4, 0.5) is 0 Å². The number of carbonyl (C=O) groups is 1. The molecule has 3 rings (SSSR count). The highest BCUT2D eigenvalue weighted by molar-refractivity contribution is 5.83. The van der Waals surface area contributed by atoms with Gasteiger partial charge in [-0.15, -0.1) is 0 Å². The lowest BCUT2D eigenvalue weighted by molar-refractivity contribution is -0.125. The molecular weight excluding hydrogens is 308 g/mol. The number of carbonyl (C=O) groups excluding carboxylic acids is 1. The molecule has 4 N–H and O–H groups in total. The van der Waals surface area contributed by atoms with E-state index >= 15 is 0 Å². The number of aryl methyl sites for hydroxylation is 2. The Bertz CT molecular complexity index is 748. The molecule has 1 fully saturated rings. The molecule has 1 amide bonds. The van der Waals surface area contributed by atoms with Crippen LogP contribution >= 0.6 is 0 Å². The number of hydrogen-bond acceptors (Lipinski definition) is 6. The number of nitrogens with one attached hydrogen (secondary N) is 1. The summed E-state index contributed by atoms with van der Waals surface area (Å²) in [5.74, 6) is 0.178. The molecule has 0 bridgehead atoms. The first kappa shape index (κ1) is 16.5. The van der Waals surface area contributed by atoms with Gasteiger partial charge in [0.25, 0.3) is 0 Å². The average Bonchev–Trinajstić information content (AvgIpc) is 3.24. The van der Waals surface area contributed by atoms with Crippen molar-refractivity contribution >= 4 is 5.91 Å². The van der Waals surface area contributed by atoms with Gasteiger partial charge < -0.3 is 16.2 Å². The molecule has 0 spiro atoms. The number of rotatable bonds is 5. The first-order chi connectivity index (χ1) is 11.3. The Morgan fingerprint density at radius 2 is 2.04 bits per heavy atom. The lowest BCUT2D eigenvalue weighted by Gasteiger charge is -2.20. The Balaban J connectivity index is 1.78. The fourth-order valence-electron chi connectivity index (χ4n) is 2.67. The summed E-state index contributed by atoms with van der Waals surface area (Å²) < 4.78 is 1.75. The Morgan fingerprint density at radius 1 is 1.42 bits per heavy atom. The van der Waals surface area contributed by atoms with Gasteiger partial charge in [0, 0.05) is 36.8 Å². The molecule has 2 atom stereocenters. The van der Waals surface area contributed by atoms with Crippen molar-refractivity contribution in [1.29, 1.82) is 0 Å². The molecule has 128 valence electrons. The standard InChI is InChI=1S/C16H22N6O2/c1-9-12(8-22(3)21-9)11-6-18-15(19-7-11)16(4-5-16)20-14(24)13(17)10(2)23/h6-8,10,13,23H,4-5,17H2,1-3H3,(H,20,24)/t10-,13+/m1/s1. The van der Waals surface area contributed by atoms with Gasteiger partial charge in [-0.2, -0.15) is 5.10 Å². The summed E-state index contributed by atoms with van der Waals surface area (Å²) in [6.45, 7) is 3.43. The maximum Gasteiger partial charge on any atom is 0.240 e. The van der Waals surface area contributed by atoms with E-state index < -0.39 is 23.6 Å². The molecule has 0 aromatic carbocycles. The Labute approximate surface area is 140 Å². The SMILES string of the molecule is Cc1nn(C)cc1-c1cnc(C2(NC(=O)[C@@H](N)[C@@H](C)O)CC2)nc1. The minimum Gasteiger partial charge on any atom is -0.391 e. The van der Waals surface area contributed by atoms with Gasteiger partial charge in [-0.1, -0.05) is 0 Å². The van der Waals surface area contributed by atoms with E-state index in [1.54, 1.807) is 17.1 Å². The number of aliphatic hydroxyl groups is 1. The summed E-state index contributed by atoms with van der Waals surface area (Å²) in [7, 11) is 1.87. The summed E-state index contributed by atoms with van der Waals surface area (Å²) in [6.07, 6.45) is 6.02. The van der Waals surface area contributed by atoms with Crippen LogP contribution in [0.1, 0.15) is 31.3 Å². The quantitative estimate of drug-likeness (QED) is 0.710. The van der Waals surface area contributed by atoms with Gasteiger partial charge in [-0.3, -0.25) is 9.48 Å². The van der Waals surface area contributed by atoms with Crippen LogP contribution in [0.5, 0.6) is 0 Å². The van der Waals surface area contributed by atoms with E-state index in [4.69, 9.17) is 5.73 Å². The third-order valence-electron chi connectivity index (χ3n) is 4.34. The van der Waals surface area contributed by atoms with Gasteiger partial charge in [0.2, 0.25) is 5.91 Å². The first-order valence-electron chi connectivity index (χ1n) is 7.91. The summed E-state index contributed by atoms with van der Waals surface area (Å²) in [6, 6.07) is -0.959. The van der Waals surface area contributed by atoms with Gasteiger partial charge >= 0.3 is 0 Å². The molecule has 0 radical (unpaired) electrons. The number of aliphatic hydroxyl groups excluding tert-OH is 1. The van der Waals surface area contributed by atoms with E-state index in [2.05, 4.69) is 20.4 Å². The molecule has 8 nitrogen and oxygen atoms in total. The molecular formula is C16H22N6O2. The monoisotopic (exact) mass is 330 g/mol. The molecule has 2 aromatic heterocycles. The number of nitrogens with two attached hydrogens (primary N) is 1. The average molecular weight is 330 g/mol. The van der Waals surface area contributed by atoms with Gasteiger partial charge in [-0.25, -0.2) is 9.97 Å². The smallest absolute Gasteiger partial charge is 0.240 e. The molecule has 1 saturated carbocycles. The largest absolute Gasteiger partial charge is 0.391 e. The summed E-state index contributed by atoms with van der Waals surface area (Å²) >= 11 is 0. The summed E-state index contributed by atoms with van der Waals surface area (Å²) in [5.41, 5.74) is 7.89. The van der Waals surface area contributed by atoms with E-state index in [0.29, 0.717) is 5.82 Å². The van der Waals surface area contributed by atoms with Crippen LogP contribution in [0.3, 0.4) is 0 Å². The fraction of sp³-hybridized carbons (Fsp3) is 0.500. The number of hydrogen-bond donors (Lipinski definition) is 3. The minimum absolute atomic E-state index is 0.390. The van der Waals surface area contributed by atoms with Crippen molar-refractivity contribution in [1.82, 2.24) is 25.1 Å². The second-order valence-electron chi connectivity index (χ2n) is 6.43. The molecule has 0 unspecified atom stereocenters. The Morgan fingerprint density at radius 3 is 2.50 bits per heavy atom. The van der Waals surface area contributed by atoms with Crippen molar-refractivity contribution in [3.8, 4) is 11.1 Å². The zero-order valence-corrected chi connectivity index (χ0v) is 14.0. The van der Waals surface area contributed by atoms with E-state index in [1.165, 1.54) is 6.92 Å². The van der Waals surface area contributed by atoms with Crippen molar-refractivity contribution in [2.75, 3.05) is 0 Å². The van der Waals surface area contributed by atoms with E-state index in [-0.39, 0.29) is 0 Å².